The number of alkyl carbamates (subject to hydrolysis) is 1. The molecule has 0 aromatic heterocycles. The van der Waals surface area contributed by atoms with Crippen molar-refractivity contribution in [3.8, 4) is 0 Å². The lowest BCUT2D eigenvalue weighted by atomic mass is 9.83. The molecule has 1 aromatic carbocycles. The number of amides is 3. The summed E-state index contributed by atoms with van der Waals surface area (Å²) in [5.74, 6) is -1.22. The average Bonchev–Trinajstić information content (AvgIpc) is 3.20. The van der Waals surface area contributed by atoms with Crippen molar-refractivity contribution in [2.75, 3.05) is 13.7 Å². The number of ether oxygens (including phenoxy) is 2. The van der Waals surface area contributed by atoms with Gasteiger partial charge in [0.2, 0.25) is 11.8 Å². The van der Waals surface area contributed by atoms with Gasteiger partial charge in [-0.05, 0) is 52.0 Å². The number of rotatable bonds is 6. The molecule has 2 aliphatic rings. The van der Waals surface area contributed by atoms with Gasteiger partial charge >= 0.3 is 12.1 Å². The van der Waals surface area contributed by atoms with E-state index in [1.165, 1.54) is 7.11 Å². The number of hydrogen-bond donors (Lipinski definition) is 2. The van der Waals surface area contributed by atoms with E-state index >= 15 is 0 Å². The second kappa shape index (κ2) is 9.80. The predicted molar refractivity (Wildman–Crippen MR) is 120 cm³/mol. The lowest BCUT2D eigenvalue weighted by molar-refractivity contribution is -0.153. The maximum atomic E-state index is 13.5. The minimum Gasteiger partial charge on any atom is -0.467 e. The van der Waals surface area contributed by atoms with Crippen LogP contribution < -0.4 is 10.6 Å². The summed E-state index contributed by atoms with van der Waals surface area (Å²) in [7, 11) is 1.28. The molecule has 0 saturated carbocycles. The molecule has 3 atom stereocenters. The van der Waals surface area contributed by atoms with Crippen LogP contribution in [0.15, 0.2) is 30.3 Å². The maximum absolute atomic E-state index is 13.5. The van der Waals surface area contributed by atoms with Crippen LogP contribution in [0, 0.1) is 0 Å². The highest BCUT2D eigenvalue weighted by atomic mass is 16.6. The molecule has 0 spiro atoms. The van der Waals surface area contributed by atoms with Crippen molar-refractivity contribution < 1.29 is 28.7 Å². The van der Waals surface area contributed by atoms with Crippen molar-refractivity contribution in [1.82, 2.24) is 15.5 Å². The molecule has 0 bridgehead atoms. The first-order chi connectivity index (χ1) is 15.6. The molecule has 9 heteroatoms. The molecule has 2 aliphatic heterocycles. The number of methoxy groups -OCH3 is 1. The Bertz CT molecular complexity index is 897. The fourth-order valence-corrected chi connectivity index (χ4v) is 4.57. The first-order valence-corrected chi connectivity index (χ1v) is 11.3. The smallest absolute Gasteiger partial charge is 0.408 e. The molecule has 0 unspecified atom stereocenters. The van der Waals surface area contributed by atoms with Gasteiger partial charge < -0.3 is 25.0 Å². The molecule has 2 N–H and O–H groups in total. The predicted octanol–water partition coefficient (Wildman–Crippen LogP) is 1.94. The molecule has 0 aliphatic carbocycles. The van der Waals surface area contributed by atoms with Gasteiger partial charge in [-0.15, -0.1) is 0 Å². The summed E-state index contributed by atoms with van der Waals surface area (Å²) in [5.41, 5.74) is -0.831. The molecule has 33 heavy (non-hydrogen) atoms. The Balaban J connectivity index is 1.72. The lowest BCUT2D eigenvalue weighted by Gasteiger charge is -2.44. The second-order valence-electron chi connectivity index (χ2n) is 9.60. The lowest BCUT2D eigenvalue weighted by Crippen LogP contribution is -2.66. The van der Waals surface area contributed by atoms with Crippen molar-refractivity contribution >= 4 is 23.9 Å². The molecule has 1 aromatic rings. The van der Waals surface area contributed by atoms with Gasteiger partial charge in [0, 0.05) is 13.0 Å². The van der Waals surface area contributed by atoms with Gasteiger partial charge in [-0.1, -0.05) is 30.3 Å². The Hall–Kier alpha value is -3.10. The van der Waals surface area contributed by atoms with E-state index in [-0.39, 0.29) is 18.2 Å². The quantitative estimate of drug-likeness (QED) is 0.629. The zero-order valence-electron chi connectivity index (χ0n) is 19.7. The Morgan fingerprint density at radius 1 is 1.18 bits per heavy atom. The molecule has 2 saturated heterocycles. The maximum Gasteiger partial charge on any atom is 0.408 e. The minimum atomic E-state index is -1.04. The summed E-state index contributed by atoms with van der Waals surface area (Å²) in [6.45, 7) is 5.66. The van der Waals surface area contributed by atoms with Gasteiger partial charge in [-0.2, -0.15) is 0 Å². The van der Waals surface area contributed by atoms with Gasteiger partial charge in [0.15, 0.2) is 0 Å². The topological polar surface area (TPSA) is 114 Å². The number of fused-ring (bicyclic) bond motifs is 1. The van der Waals surface area contributed by atoms with Gasteiger partial charge in [0.25, 0.3) is 0 Å². The molecule has 9 nitrogen and oxygen atoms in total. The van der Waals surface area contributed by atoms with E-state index < -0.39 is 35.3 Å². The van der Waals surface area contributed by atoms with Crippen molar-refractivity contribution in [2.45, 2.75) is 76.1 Å². The van der Waals surface area contributed by atoms with Crippen molar-refractivity contribution in [1.29, 1.82) is 0 Å². The highest BCUT2D eigenvalue weighted by Gasteiger charge is 2.54. The van der Waals surface area contributed by atoms with Crippen LogP contribution in [0.4, 0.5) is 4.79 Å². The van der Waals surface area contributed by atoms with Crippen LogP contribution in [-0.2, 0) is 30.3 Å². The van der Waals surface area contributed by atoms with Gasteiger partial charge in [-0.3, -0.25) is 9.59 Å². The summed E-state index contributed by atoms with van der Waals surface area (Å²) in [6.07, 6.45) is 1.48. The van der Waals surface area contributed by atoms with Gasteiger partial charge in [-0.25, -0.2) is 9.59 Å². The molecule has 180 valence electrons. The summed E-state index contributed by atoms with van der Waals surface area (Å²) in [4.78, 5) is 52.7. The number of esters is 1. The van der Waals surface area contributed by atoms with E-state index in [2.05, 4.69) is 10.6 Å². The fraction of sp³-hybridized carbons (Fsp3) is 0.583. The first kappa shape index (κ1) is 24.5. The fourth-order valence-electron chi connectivity index (χ4n) is 4.57. The highest BCUT2D eigenvalue weighted by molar-refractivity contribution is 5.97. The van der Waals surface area contributed by atoms with Crippen LogP contribution in [0.5, 0.6) is 0 Å². The highest BCUT2D eigenvalue weighted by Crippen LogP contribution is 2.39. The Morgan fingerprint density at radius 3 is 2.52 bits per heavy atom. The van der Waals surface area contributed by atoms with Crippen LogP contribution >= 0.6 is 0 Å². The molecule has 3 rings (SSSR count). The third kappa shape index (κ3) is 5.64. The van der Waals surface area contributed by atoms with E-state index in [1.807, 2.05) is 30.3 Å². The molecule has 2 heterocycles. The van der Waals surface area contributed by atoms with Crippen LogP contribution in [-0.4, -0.2) is 65.7 Å². The number of benzene rings is 1. The summed E-state index contributed by atoms with van der Waals surface area (Å²) in [6, 6.07) is 7.73. The summed E-state index contributed by atoms with van der Waals surface area (Å²) >= 11 is 0. The summed E-state index contributed by atoms with van der Waals surface area (Å²) in [5, 5.41) is 5.47. The molecular weight excluding hydrogens is 426 g/mol. The minimum absolute atomic E-state index is 0.284. The SMILES string of the molecule is COC(=O)[C@H](Cc1ccccc1)NC(=O)[C@@]12CCCN1C(=O)[C@@H](NC(=O)OC(C)(C)C)CC2. The number of carbonyl (C=O) groups excluding carboxylic acids is 4. The zero-order valence-corrected chi connectivity index (χ0v) is 19.7. The zero-order chi connectivity index (χ0) is 24.2. The van der Waals surface area contributed by atoms with E-state index in [0.29, 0.717) is 32.2 Å². The third-order valence-electron chi connectivity index (χ3n) is 6.09. The normalized spacial score (nSPS) is 23.3. The number of nitrogens with one attached hydrogen (secondary N) is 2. The van der Waals surface area contributed by atoms with Crippen LogP contribution in [0.3, 0.4) is 0 Å². The van der Waals surface area contributed by atoms with E-state index in [4.69, 9.17) is 9.47 Å². The summed E-state index contributed by atoms with van der Waals surface area (Å²) < 4.78 is 10.2. The third-order valence-corrected chi connectivity index (χ3v) is 6.09. The number of hydrogen-bond acceptors (Lipinski definition) is 6. The molecule has 3 amide bonds. The largest absolute Gasteiger partial charge is 0.467 e. The van der Waals surface area contributed by atoms with Gasteiger partial charge in [0.1, 0.15) is 23.2 Å². The standard InChI is InChI=1S/C24H33N3O6/c1-23(2,3)33-22(31)26-17-11-13-24(12-8-14-27(24)19(17)28)21(30)25-18(20(29)32-4)15-16-9-6-5-7-10-16/h5-7,9-10,17-18H,8,11-15H2,1-4H3,(H,25,30)(H,26,31)/t17-,18-,24-/m0/s1. The van der Waals surface area contributed by atoms with Gasteiger partial charge in [0.05, 0.1) is 7.11 Å². The molecule has 2 fully saturated rings. The Labute approximate surface area is 194 Å². The van der Waals surface area contributed by atoms with Crippen LogP contribution in [0.1, 0.15) is 52.0 Å². The van der Waals surface area contributed by atoms with E-state index in [0.717, 1.165) is 5.56 Å². The monoisotopic (exact) mass is 459 g/mol. The van der Waals surface area contributed by atoms with E-state index in [1.54, 1.807) is 25.7 Å². The number of nitrogens with zero attached hydrogens (tertiary/aromatic N) is 1. The number of piperidine rings is 1. The second-order valence-corrected chi connectivity index (χ2v) is 9.60. The van der Waals surface area contributed by atoms with Crippen molar-refractivity contribution in [3.63, 3.8) is 0 Å². The van der Waals surface area contributed by atoms with Crippen LogP contribution in [0.25, 0.3) is 0 Å². The average molecular weight is 460 g/mol. The van der Waals surface area contributed by atoms with Crippen molar-refractivity contribution in [2.24, 2.45) is 0 Å². The van der Waals surface area contributed by atoms with Crippen molar-refractivity contribution in [3.05, 3.63) is 35.9 Å². The number of carbonyl (C=O) groups is 4. The Kier molecular flexibility index (Phi) is 7.29. The first-order valence-electron chi connectivity index (χ1n) is 11.3. The van der Waals surface area contributed by atoms with E-state index in [9.17, 15) is 19.2 Å². The molecular formula is C24H33N3O6. The van der Waals surface area contributed by atoms with Crippen LogP contribution in [0.2, 0.25) is 0 Å². The molecule has 0 radical (unpaired) electrons. The Morgan fingerprint density at radius 2 is 1.88 bits per heavy atom.